The zero-order valence-electron chi connectivity index (χ0n) is 22.6. The van der Waals surface area contributed by atoms with Crippen molar-refractivity contribution < 1.29 is 4.79 Å². The van der Waals surface area contributed by atoms with Crippen molar-refractivity contribution in [3.05, 3.63) is 71.8 Å². The Morgan fingerprint density at radius 2 is 1.73 bits per heavy atom. The largest absolute Gasteiger partial charge is 0.326 e. The number of aromatic nitrogens is 3. The Kier molecular flexibility index (Phi) is 7.60. The Morgan fingerprint density at radius 1 is 1.00 bits per heavy atom. The zero-order chi connectivity index (χ0) is 25.9. The molecule has 0 unspecified atom stereocenters. The van der Waals surface area contributed by atoms with Crippen LogP contribution in [0, 0.1) is 13.8 Å². The van der Waals surface area contributed by atoms with E-state index in [-0.39, 0.29) is 6.03 Å². The number of nitrogens with zero attached hydrogens (tertiary/aromatic N) is 5. The minimum absolute atomic E-state index is 0.0808. The van der Waals surface area contributed by atoms with Crippen molar-refractivity contribution in [1.29, 1.82) is 0 Å². The lowest BCUT2D eigenvalue weighted by atomic mass is 9.96. The third kappa shape index (κ3) is 5.57. The molecule has 3 heterocycles. The number of carbonyl (C=O) groups is 1. The average Bonchev–Trinajstić information content (AvgIpc) is 3.37. The van der Waals surface area contributed by atoms with Crippen LogP contribution in [-0.4, -0.2) is 50.9 Å². The fraction of sp³-hybridized carbons (Fsp3) is 0.500. The highest BCUT2D eigenvalue weighted by Gasteiger charge is 2.42. The van der Waals surface area contributed by atoms with Crippen LogP contribution in [0.15, 0.2) is 54.6 Å². The molecule has 2 aromatic carbocycles. The van der Waals surface area contributed by atoms with Gasteiger partial charge in [-0.3, -0.25) is 9.80 Å². The summed E-state index contributed by atoms with van der Waals surface area (Å²) in [4.78, 5) is 17.9. The molecule has 0 saturated carbocycles. The van der Waals surface area contributed by atoms with Crippen LogP contribution >= 0.6 is 0 Å². The van der Waals surface area contributed by atoms with E-state index < -0.39 is 0 Å². The molecular formula is C30H40N6O. The van der Waals surface area contributed by atoms with E-state index in [1.54, 1.807) is 0 Å². The van der Waals surface area contributed by atoms with Gasteiger partial charge in [-0.15, -0.1) is 10.2 Å². The first-order valence-electron chi connectivity index (χ1n) is 13.8. The first kappa shape index (κ1) is 25.5. The minimum Gasteiger partial charge on any atom is -0.312 e. The van der Waals surface area contributed by atoms with Gasteiger partial charge >= 0.3 is 6.03 Å². The molecular weight excluding hydrogens is 460 g/mol. The Labute approximate surface area is 220 Å². The van der Waals surface area contributed by atoms with Gasteiger partial charge < -0.3 is 9.88 Å². The topological polar surface area (TPSA) is 66.3 Å². The maximum atomic E-state index is 13.3. The number of aryl methyl sites for hydroxylation is 2. The number of benzene rings is 2. The van der Waals surface area contributed by atoms with Gasteiger partial charge in [0, 0.05) is 48.5 Å². The van der Waals surface area contributed by atoms with Crippen molar-refractivity contribution in [2.45, 2.75) is 83.8 Å². The predicted molar refractivity (Wildman–Crippen MR) is 149 cm³/mol. The smallest absolute Gasteiger partial charge is 0.312 e. The number of amides is 2. The van der Waals surface area contributed by atoms with Crippen molar-refractivity contribution in [2.75, 3.05) is 23.3 Å². The third-order valence-corrected chi connectivity index (χ3v) is 8.01. The predicted octanol–water partition coefficient (Wildman–Crippen LogP) is 6.32. The van der Waals surface area contributed by atoms with Crippen LogP contribution in [0.4, 0.5) is 16.2 Å². The van der Waals surface area contributed by atoms with E-state index in [2.05, 4.69) is 45.8 Å². The van der Waals surface area contributed by atoms with Gasteiger partial charge in [0.2, 0.25) is 0 Å². The number of carbonyl (C=O) groups excluding carboxylic acids is 1. The number of piperidine rings is 1. The molecule has 3 aromatic rings. The standard InChI is InChI=1S/C30H40N6O/c1-21(2)29-33-32-23(4)36(29)28-19-26-14-15-27(20-28)34(26)16-9-17-35(25-12-6-5-7-13-25)30(37)31-24-11-8-10-22(3)18-24/h5-8,10-13,18,21,26-28H,9,14-17,19-20H2,1-4H3,(H,31,37)/t26-,27-/m1/s1. The van der Waals surface area contributed by atoms with Crippen molar-refractivity contribution in [2.24, 2.45) is 0 Å². The number of anilines is 2. The van der Waals surface area contributed by atoms with E-state index in [1.807, 2.05) is 66.4 Å². The average molecular weight is 501 g/mol. The first-order chi connectivity index (χ1) is 17.9. The molecule has 0 aliphatic carbocycles. The number of nitrogens with one attached hydrogen (secondary N) is 1. The highest BCUT2D eigenvalue weighted by molar-refractivity contribution is 6.01. The molecule has 5 rings (SSSR count). The molecule has 2 aliphatic rings. The minimum atomic E-state index is -0.0808. The van der Waals surface area contributed by atoms with Gasteiger partial charge in [-0.2, -0.15) is 0 Å². The van der Waals surface area contributed by atoms with Gasteiger partial charge in [0.15, 0.2) is 0 Å². The van der Waals surface area contributed by atoms with E-state index in [4.69, 9.17) is 0 Å². The van der Waals surface area contributed by atoms with Crippen LogP contribution in [0.1, 0.15) is 75.1 Å². The number of fused-ring (bicyclic) bond motifs is 2. The van der Waals surface area contributed by atoms with Crippen molar-refractivity contribution in [1.82, 2.24) is 19.7 Å². The summed E-state index contributed by atoms with van der Waals surface area (Å²) in [7, 11) is 0. The molecule has 2 bridgehead atoms. The molecule has 196 valence electrons. The second-order valence-corrected chi connectivity index (χ2v) is 11.0. The third-order valence-electron chi connectivity index (χ3n) is 8.01. The van der Waals surface area contributed by atoms with Gasteiger partial charge in [-0.05, 0) is 75.8 Å². The molecule has 2 saturated heterocycles. The van der Waals surface area contributed by atoms with Crippen LogP contribution < -0.4 is 10.2 Å². The Bertz CT molecular complexity index is 1190. The number of rotatable bonds is 8. The lowest BCUT2D eigenvalue weighted by molar-refractivity contribution is 0.104. The molecule has 1 aromatic heterocycles. The monoisotopic (exact) mass is 500 g/mol. The summed E-state index contributed by atoms with van der Waals surface area (Å²) in [5.41, 5.74) is 2.89. The summed E-state index contributed by atoms with van der Waals surface area (Å²) in [5, 5.41) is 12.0. The van der Waals surface area contributed by atoms with Gasteiger partial charge in [0.25, 0.3) is 0 Å². The highest BCUT2D eigenvalue weighted by atomic mass is 16.2. The Balaban J connectivity index is 1.23. The van der Waals surface area contributed by atoms with E-state index in [0.29, 0.717) is 30.6 Å². The quantitative estimate of drug-likeness (QED) is 0.393. The van der Waals surface area contributed by atoms with Crippen LogP contribution in [0.25, 0.3) is 0 Å². The molecule has 7 heteroatoms. The second-order valence-electron chi connectivity index (χ2n) is 11.0. The van der Waals surface area contributed by atoms with E-state index in [1.165, 1.54) is 12.8 Å². The molecule has 2 amide bonds. The molecule has 2 atom stereocenters. The summed E-state index contributed by atoms with van der Waals surface area (Å²) < 4.78 is 2.42. The van der Waals surface area contributed by atoms with E-state index in [9.17, 15) is 4.79 Å². The van der Waals surface area contributed by atoms with Gasteiger partial charge in [0.1, 0.15) is 11.6 Å². The van der Waals surface area contributed by atoms with Gasteiger partial charge in [-0.25, -0.2) is 4.79 Å². The maximum Gasteiger partial charge on any atom is 0.326 e. The summed E-state index contributed by atoms with van der Waals surface area (Å²) in [6.07, 6.45) is 5.78. The second kappa shape index (κ2) is 11.1. The SMILES string of the molecule is Cc1cccc(NC(=O)N(CCCN2[C@@H]3CC[C@@H]2CC(n2c(C)nnc2C(C)C)C3)c2ccccc2)c1. The van der Waals surface area contributed by atoms with Crippen LogP contribution in [-0.2, 0) is 0 Å². The molecule has 0 spiro atoms. The number of urea groups is 1. The van der Waals surface area contributed by atoms with Crippen molar-refractivity contribution in [3.63, 3.8) is 0 Å². The first-order valence-corrected chi connectivity index (χ1v) is 13.8. The van der Waals surface area contributed by atoms with Crippen molar-refractivity contribution >= 4 is 17.4 Å². The lowest BCUT2D eigenvalue weighted by Crippen LogP contribution is -2.45. The van der Waals surface area contributed by atoms with Crippen molar-refractivity contribution in [3.8, 4) is 0 Å². The maximum absolute atomic E-state index is 13.3. The number of hydrogen-bond acceptors (Lipinski definition) is 4. The van der Waals surface area contributed by atoms with Crippen LogP contribution in [0.3, 0.4) is 0 Å². The number of para-hydroxylation sites is 1. The Morgan fingerprint density at radius 3 is 2.41 bits per heavy atom. The van der Waals surface area contributed by atoms with Gasteiger partial charge in [-0.1, -0.05) is 44.2 Å². The van der Waals surface area contributed by atoms with Crippen LogP contribution in [0.2, 0.25) is 0 Å². The zero-order valence-corrected chi connectivity index (χ0v) is 22.6. The normalized spacial score (nSPS) is 21.4. The molecule has 1 N–H and O–H groups in total. The van der Waals surface area contributed by atoms with E-state index in [0.717, 1.165) is 54.4 Å². The molecule has 2 fully saturated rings. The Hall–Kier alpha value is -3.19. The molecule has 7 nitrogen and oxygen atoms in total. The van der Waals surface area contributed by atoms with Gasteiger partial charge in [0.05, 0.1) is 0 Å². The summed E-state index contributed by atoms with van der Waals surface area (Å²) in [6, 6.07) is 19.6. The summed E-state index contributed by atoms with van der Waals surface area (Å²) in [5.74, 6) is 2.54. The molecule has 2 aliphatic heterocycles. The highest BCUT2D eigenvalue weighted by Crippen LogP contribution is 2.42. The summed E-state index contributed by atoms with van der Waals surface area (Å²) in [6.45, 7) is 10.2. The fourth-order valence-electron chi connectivity index (χ4n) is 6.33. The number of hydrogen-bond donors (Lipinski definition) is 1. The van der Waals surface area contributed by atoms with E-state index >= 15 is 0 Å². The molecule has 37 heavy (non-hydrogen) atoms. The molecule has 0 radical (unpaired) electrons. The summed E-state index contributed by atoms with van der Waals surface area (Å²) >= 11 is 0. The van der Waals surface area contributed by atoms with Crippen LogP contribution in [0.5, 0.6) is 0 Å². The lowest BCUT2D eigenvalue weighted by Gasteiger charge is -2.40. The fourth-order valence-corrected chi connectivity index (χ4v) is 6.33.